The van der Waals surface area contributed by atoms with E-state index in [1.165, 1.54) is 5.39 Å². The number of H-pyrrole nitrogens is 1. The summed E-state index contributed by atoms with van der Waals surface area (Å²) in [6.45, 7) is 2.80. The van der Waals surface area contributed by atoms with Crippen molar-refractivity contribution < 1.29 is 5.10 Å². The highest BCUT2D eigenvalue weighted by Crippen LogP contribution is 2.14. The van der Waals surface area contributed by atoms with Gasteiger partial charge in [-0.25, -0.2) is 0 Å². The molecule has 88 valence electrons. The summed E-state index contributed by atoms with van der Waals surface area (Å²) < 4.78 is 0. The summed E-state index contributed by atoms with van der Waals surface area (Å²) >= 11 is 5.03. The molecule has 5 heteroatoms. The summed E-state index contributed by atoms with van der Waals surface area (Å²) in [5, 5.41) is 7.72. The third-order valence-electron chi connectivity index (χ3n) is 2.37. The van der Waals surface area contributed by atoms with Crippen LogP contribution in [0.3, 0.4) is 0 Å². The summed E-state index contributed by atoms with van der Waals surface area (Å²) in [6, 6.07) is 8.14. The van der Waals surface area contributed by atoms with Gasteiger partial charge in [-0.1, -0.05) is 18.2 Å². The van der Waals surface area contributed by atoms with E-state index < -0.39 is 0 Å². The van der Waals surface area contributed by atoms with E-state index in [1.807, 2.05) is 37.5 Å². The molecule has 0 amide bonds. The Morgan fingerprint density at radius 2 is 2.29 bits per heavy atom. The second-order valence-electron chi connectivity index (χ2n) is 3.56. The second kappa shape index (κ2) is 5.45. The van der Waals surface area contributed by atoms with Crippen LogP contribution in [0, 0.1) is 0 Å². The Hall–Kier alpha value is -1.88. The topological polar surface area (TPSA) is 53.8 Å². The van der Waals surface area contributed by atoms with Crippen molar-refractivity contribution in [1.82, 2.24) is 15.7 Å². The monoisotopic (exact) mass is 247 g/mol. The molecule has 1 aromatic carbocycles. The lowest BCUT2D eigenvalue weighted by atomic mass is 10.2. The third-order valence-corrected chi connectivity index (χ3v) is 2.62. The van der Waals surface area contributed by atoms with Gasteiger partial charge in [0.2, 0.25) is 11.3 Å². The van der Waals surface area contributed by atoms with E-state index in [-0.39, 0.29) is 0 Å². The van der Waals surface area contributed by atoms with Gasteiger partial charge in [-0.2, -0.15) is 0 Å². The number of hydrazone groups is 1. The van der Waals surface area contributed by atoms with Gasteiger partial charge in [0.1, 0.15) is 0 Å². The Balaban J connectivity index is 2.08. The molecule has 1 aromatic heterocycles. The Kier molecular flexibility index (Phi) is 3.72. The van der Waals surface area contributed by atoms with Crippen LogP contribution in [0.5, 0.6) is 0 Å². The van der Waals surface area contributed by atoms with Gasteiger partial charge in [-0.3, -0.25) is 0 Å². The van der Waals surface area contributed by atoms with Gasteiger partial charge in [-0.05, 0) is 25.2 Å². The molecule has 0 aliphatic heterocycles. The fraction of sp³-hybridized carbons (Fsp3) is 0.167. The van der Waals surface area contributed by atoms with Gasteiger partial charge in [0.25, 0.3) is 0 Å². The Bertz CT molecular complexity index is 544. The van der Waals surface area contributed by atoms with Crippen molar-refractivity contribution in [3.63, 3.8) is 0 Å². The number of thiocarbonyl (C=S) groups is 1. The Morgan fingerprint density at radius 3 is 3.12 bits per heavy atom. The molecule has 4 N–H and O–H groups in total. The molecule has 17 heavy (non-hydrogen) atoms. The van der Waals surface area contributed by atoms with Gasteiger partial charge < -0.3 is 10.3 Å². The van der Waals surface area contributed by atoms with Crippen molar-refractivity contribution in [2.45, 2.75) is 6.92 Å². The fourth-order valence-electron chi connectivity index (χ4n) is 1.60. The van der Waals surface area contributed by atoms with Crippen LogP contribution in [0.15, 0.2) is 30.5 Å². The van der Waals surface area contributed by atoms with Crippen molar-refractivity contribution in [2.24, 2.45) is 0 Å². The summed E-state index contributed by atoms with van der Waals surface area (Å²) in [5.41, 5.74) is 5.10. The normalized spacial score (nSPS) is 10.9. The lowest BCUT2D eigenvalue weighted by Gasteiger charge is -1.97. The van der Waals surface area contributed by atoms with Crippen molar-refractivity contribution in [3.05, 3.63) is 36.0 Å². The number of aromatic amines is 1. The summed E-state index contributed by atoms with van der Waals surface area (Å²) in [7, 11) is 0. The minimum atomic E-state index is 0.587. The van der Waals surface area contributed by atoms with Crippen LogP contribution < -0.4 is 15.8 Å². The lowest BCUT2D eigenvalue weighted by Crippen LogP contribution is -2.82. The first-order chi connectivity index (χ1) is 8.31. The van der Waals surface area contributed by atoms with Crippen LogP contribution in [-0.2, 0) is 0 Å². The third kappa shape index (κ3) is 2.82. The number of hydrogen-bond acceptors (Lipinski definition) is 1. The average Bonchev–Trinajstić information content (AvgIpc) is 2.73. The smallest absolute Gasteiger partial charge is 0.223 e. The highest BCUT2D eigenvalue weighted by atomic mass is 32.1. The molecule has 2 aromatic rings. The van der Waals surface area contributed by atoms with E-state index in [9.17, 15) is 0 Å². The molecule has 0 saturated carbocycles. The average molecular weight is 247 g/mol. The molecule has 0 aliphatic rings. The summed E-state index contributed by atoms with van der Waals surface area (Å²) in [5.74, 6) is 0. The van der Waals surface area contributed by atoms with E-state index in [1.54, 1.807) is 0 Å². The maximum absolute atomic E-state index is 5.03. The maximum Gasteiger partial charge on any atom is 0.223 e. The maximum atomic E-state index is 5.03. The first-order valence-corrected chi connectivity index (χ1v) is 5.91. The quantitative estimate of drug-likeness (QED) is 0.353. The number of hydrazine groups is 1. The molecule has 0 saturated heterocycles. The molecule has 1 heterocycles. The molecule has 4 nitrogen and oxygen atoms in total. The van der Waals surface area contributed by atoms with Crippen LogP contribution in [-0.4, -0.2) is 22.9 Å². The van der Waals surface area contributed by atoms with Crippen LogP contribution in [0.25, 0.3) is 10.9 Å². The summed E-state index contributed by atoms with van der Waals surface area (Å²) in [6.07, 6.45) is 3.83. The SMILES string of the molecule is CCNC(=S)N[NH+]=Cc1c[nH]c2ccccc12. The summed E-state index contributed by atoms with van der Waals surface area (Å²) in [4.78, 5) is 3.20. The zero-order valence-corrected chi connectivity index (χ0v) is 10.4. The highest BCUT2D eigenvalue weighted by Gasteiger charge is 2.02. The molecule has 0 fully saturated rings. The van der Waals surface area contributed by atoms with Crippen LogP contribution in [0.1, 0.15) is 12.5 Å². The van der Waals surface area contributed by atoms with E-state index in [4.69, 9.17) is 12.2 Å². The molecule has 0 radical (unpaired) electrons. The molecule has 0 bridgehead atoms. The van der Waals surface area contributed by atoms with Crippen molar-refractivity contribution >= 4 is 34.4 Å². The number of fused-ring (bicyclic) bond motifs is 1. The van der Waals surface area contributed by atoms with Gasteiger partial charge in [-0.15, -0.1) is 10.5 Å². The molecule has 2 rings (SSSR count). The number of hydrogen-bond donors (Lipinski definition) is 4. The predicted molar refractivity (Wildman–Crippen MR) is 73.8 cm³/mol. The zero-order valence-electron chi connectivity index (χ0n) is 9.58. The van der Waals surface area contributed by atoms with Gasteiger partial charge >= 0.3 is 0 Å². The molecule has 0 spiro atoms. The standard InChI is InChI=1S/C12H14N4S/c1-2-13-12(17)16-15-8-9-7-14-11-6-4-3-5-10(9)11/h3-8,14H,2H2,1H3,(H2,13,16,17)/p+1. The zero-order chi connectivity index (χ0) is 12.1. The highest BCUT2D eigenvalue weighted by molar-refractivity contribution is 7.80. The molecular weight excluding hydrogens is 232 g/mol. The minimum Gasteiger partial charge on any atom is -0.360 e. The minimum absolute atomic E-state index is 0.587. The first kappa shape index (κ1) is 11.6. The number of nitrogens with one attached hydrogen (secondary N) is 4. The van der Waals surface area contributed by atoms with Gasteiger partial charge in [0.15, 0.2) is 0 Å². The lowest BCUT2D eigenvalue weighted by molar-refractivity contribution is -0.500. The number of benzene rings is 1. The molecule has 0 unspecified atom stereocenters. The fourth-order valence-corrected chi connectivity index (χ4v) is 1.80. The number of para-hydroxylation sites is 1. The number of aromatic nitrogens is 1. The molecule has 0 atom stereocenters. The van der Waals surface area contributed by atoms with E-state index in [0.717, 1.165) is 17.6 Å². The van der Waals surface area contributed by atoms with E-state index in [0.29, 0.717) is 5.11 Å². The van der Waals surface area contributed by atoms with Crippen molar-refractivity contribution in [2.75, 3.05) is 6.54 Å². The van der Waals surface area contributed by atoms with E-state index >= 15 is 0 Å². The predicted octanol–water partition coefficient (Wildman–Crippen LogP) is 0.0664. The molecule has 0 aliphatic carbocycles. The number of rotatable bonds is 3. The largest absolute Gasteiger partial charge is 0.360 e. The van der Waals surface area contributed by atoms with E-state index in [2.05, 4.69) is 26.9 Å². The van der Waals surface area contributed by atoms with Gasteiger partial charge in [0, 0.05) is 23.6 Å². The first-order valence-electron chi connectivity index (χ1n) is 5.50. The van der Waals surface area contributed by atoms with Crippen LogP contribution >= 0.6 is 12.2 Å². The van der Waals surface area contributed by atoms with Gasteiger partial charge in [0.05, 0.1) is 5.56 Å². The Morgan fingerprint density at radius 1 is 1.47 bits per heavy atom. The second-order valence-corrected chi connectivity index (χ2v) is 3.97. The van der Waals surface area contributed by atoms with Crippen molar-refractivity contribution in [1.29, 1.82) is 0 Å². The molecular formula is C12H15N4S+. The van der Waals surface area contributed by atoms with Crippen LogP contribution in [0.4, 0.5) is 0 Å². The Labute approximate surface area is 105 Å². The van der Waals surface area contributed by atoms with Crippen LogP contribution in [0.2, 0.25) is 0 Å². The van der Waals surface area contributed by atoms with Crippen molar-refractivity contribution in [3.8, 4) is 0 Å².